The van der Waals surface area contributed by atoms with Gasteiger partial charge in [0.15, 0.2) is 0 Å². The van der Waals surface area contributed by atoms with Gasteiger partial charge in [0.1, 0.15) is 5.82 Å². The molecule has 4 heteroatoms. The largest absolute Gasteiger partial charge is 0.322 e. The van der Waals surface area contributed by atoms with Crippen LogP contribution in [0.5, 0.6) is 0 Å². The van der Waals surface area contributed by atoms with E-state index in [1.807, 2.05) is 54.6 Å². The maximum atomic E-state index is 13.1. The summed E-state index contributed by atoms with van der Waals surface area (Å²) in [6.07, 6.45) is 0. The van der Waals surface area contributed by atoms with E-state index in [9.17, 15) is 9.18 Å². The van der Waals surface area contributed by atoms with Crippen molar-refractivity contribution in [3.05, 3.63) is 96.3 Å². The van der Waals surface area contributed by atoms with Gasteiger partial charge in [0.05, 0.1) is 16.8 Å². The summed E-state index contributed by atoms with van der Waals surface area (Å²) in [5.74, 6) is -0.601. The number of hydrogen-bond acceptors (Lipinski definition) is 2. The molecule has 0 spiro atoms. The zero-order chi connectivity index (χ0) is 17.9. The van der Waals surface area contributed by atoms with E-state index in [1.54, 1.807) is 6.07 Å². The van der Waals surface area contributed by atoms with Crippen LogP contribution in [0.15, 0.2) is 84.9 Å². The van der Waals surface area contributed by atoms with Crippen molar-refractivity contribution in [2.45, 2.75) is 0 Å². The van der Waals surface area contributed by atoms with E-state index >= 15 is 0 Å². The van der Waals surface area contributed by atoms with Gasteiger partial charge in [0, 0.05) is 16.6 Å². The Morgan fingerprint density at radius 3 is 2.31 bits per heavy atom. The summed E-state index contributed by atoms with van der Waals surface area (Å²) in [6, 6.07) is 24.7. The fraction of sp³-hybridized carbons (Fsp3) is 0. The summed E-state index contributed by atoms with van der Waals surface area (Å²) in [7, 11) is 0. The molecule has 4 rings (SSSR count). The Hall–Kier alpha value is -3.53. The average Bonchev–Trinajstić information content (AvgIpc) is 2.69. The molecule has 0 saturated carbocycles. The summed E-state index contributed by atoms with van der Waals surface area (Å²) in [5, 5.41) is 3.59. The summed E-state index contributed by atoms with van der Waals surface area (Å²) < 4.78 is 13.1. The highest BCUT2D eigenvalue weighted by molar-refractivity contribution is 6.13. The van der Waals surface area contributed by atoms with Crippen molar-refractivity contribution in [3.63, 3.8) is 0 Å². The van der Waals surface area contributed by atoms with Crippen molar-refractivity contribution in [2.75, 3.05) is 5.32 Å². The number of fused-ring (bicyclic) bond motifs is 1. The second-order valence-corrected chi connectivity index (χ2v) is 5.90. The first-order chi connectivity index (χ1) is 12.7. The minimum absolute atomic E-state index is 0.257. The van der Waals surface area contributed by atoms with Gasteiger partial charge in [0.25, 0.3) is 5.91 Å². The predicted molar refractivity (Wildman–Crippen MR) is 102 cm³/mol. The average molecular weight is 342 g/mol. The Labute approximate surface area is 150 Å². The fourth-order valence-electron chi connectivity index (χ4n) is 2.85. The van der Waals surface area contributed by atoms with Crippen LogP contribution in [0.3, 0.4) is 0 Å². The smallest absolute Gasteiger partial charge is 0.256 e. The van der Waals surface area contributed by atoms with Crippen molar-refractivity contribution in [3.8, 4) is 11.3 Å². The van der Waals surface area contributed by atoms with Gasteiger partial charge in [-0.1, -0.05) is 48.5 Å². The quantitative estimate of drug-likeness (QED) is 0.549. The molecule has 0 unspecified atom stereocenters. The van der Waals surface area contributed by atoms with Crippen LogP contribution >= 0.6 is 0 Å². The minimum atomic E-state index is -0.344. The van der Waals surface area contributed by atoms with Crippen LogP contribution in [0.4, 0.5) is 10.1 Å². The van der Waals surface area contributed by atoms with Crippen LogP contribution in [0.2, 0.25) is 0 Å². The number of pyridine rings is 1. The second-order valence-electron chi connectivity index (χ2n) is 5.90. The number of carbonyl (C=O) groups is 1. The number of rotatable bonds is 3. The molecule has 0 saturated heterocycles. The molecule has 0 radical (unpaired) electrons. The summed E-state index contributed by atoms with van der Waals surface area (Å²) in [6.45, 7) is 0. The molecule has 1 heterocycles. The third-order valence-corrected chi connectivity index (χ3v) is 4.13. The van der Waals surface area contributed by atoms with Gasteiger partial charge in [-0.25, -0.2) is 9.37 Å². The van der Waals surface area contributed by atoms with Crippen LogP contribution in [0.1, 0.15) is 10.4 Å². The first-order valence-corrected chi connectivity index (χ1v) is 8.23. The Balaban J connectivity index is 1.79. The lowest BCUT2D eigenvalue weighted by molar-refractivity contribution is 0.102. The van der Waals surface area contributed by atoms with Gasteiger partial charge >= 0.3 is 0 Å². The SMILES string of the molecule is O=C(Nc1ccc(F)cc1)c1cc(-c2ccccc2)nc2ccccc12. The molecule has 1 N–H and O–H groups in total. The molecule has 126 valence electrons. The van der Waals surface area contributed by atoms with Gasteiger partial charge in [-0.05, 0) is 36.4 Å². The zero-order valence-electron chi connectivity index (χ0n) is 13.8. The van der Waals surface area contributed by atoms with E-state index in [1.165, 1.54) is 24.3 Å². The lowest BCUT2D eigenvalue weighted by atomic mass is 10.0. The van der Waals surface area contributed by atoms with Crippen LogP contribution in [0.25, 0.3) is 22.2 Å². The molecule has 0 bridgehead atoms. The molecule has 0 aliphatic carbocycles. The van der Waals surface area contributed by atoms with Crippen molar-refractivity contribution in [1.82, 2.24) is 4.98 Å². The molecule has 0 aliphatic heterocycles. The number of carbonyl (C=O) groups excluding carboxylic acids is 1. The van der Waals surface area contributed by atoms with Gasteiger partial charge in [0.2, 0.25) is 0 Å². The van der Waals surface area contributed by atoms with E-state index in [2.05, 4.69) is 10.3 Å². The molecule has 0 aliphatic rings. The molecular formula is C22H15FN2O. The van der Waals surface area contributed by atoms with Crippen molar-refractivity contribution in [1.29, 1.82) is 0 Å². The second kappa shape index (κ2) is 6.76. The van der Waals surface area contributed by atoms with Crippen LogP contribution in [-0.4, -0.2) is 10.9 Å². The minimum Gasteiger partial charge on any atom is -0.322 e. The van der Waals surface area contributed by atoms with Gasteiger partial charge in [-0.15, -0.1) is 0 Å². The number of nitrogens with zero attached hydrogens (tertiary/aromatic N) is 1. The van der Waals surface area contributed by atoms with E-state index < -0.39 is 0 Å². The Morgan fingerprint density at radius 2 is 1.54 bits per heavy atom. The molecule has 26 heavy (non-hydrogen) atoms. The summed E-state index contributed by atoms with van der Waals surface area (Å²) in [5.41, 5.74) is 3.48. The Morgan fingerprint density at radius 1 is 0.846 bits per heavy atom. The van der Waals surface area contributed by atoms with Crippen molar-refractivity contribution >= 4 is 22.5 Å². The molecular weight excluding hydrogens is 327 g/mol. The normalized spacial score (nSPS) is 10.7. The number of nitrogens with one attached hydrogen (secondary N) is 1. The highest BCUT2D eigenvalue weighted by Crippen LogP contribution is 2.25. The summed E-state index contributed by atoms with van der Waals surface area (Å²) in [4.78, 5) is 17.5. The molecule has 1 aromatic heterocycles. The third kappa shape index (κ3) is 3.17. The predicted octanol–water partition coefficient (Wildman–Crippen LogP) is 5.29. The number of amides is 1. The van der Waals surface area contributed by atoms with Crippen LogP contribution < -0.4 is 5.32 Å². The van der Waals surface area contributed by atoms with Gasteiger partial charge in [-0.3, -0.25) is 4.79 Å². The third-order valence-electron chi connectivity index (χ3n) is 4.13. The fourth-order valence-corrected chi connectivity index (χ4v) is 2.85. The zero-order valence-corrected chi connectivity index (χ0v) is 13.8. The van der Waals surface area contributed by atoms with E-state index in [0.29, 0.717) is 11.3 Å². The maximum Gasteiger partial charge on any atom is 0.256 e. The number of anilines is 1. The van der Waals surface area contributed by atoms with Gasteiger partial charge < -0.3 is 5.32 Å². The Kier molecular flexibility index (Phi) is 4.15. The van der Waals surface area contributed by atoms with Crippen molar-refractivity contribution in [2.24, 2.45) is 0 Å². The number of hydrogen-bond donors (Lipinski definition) is 1. The van der Waals surface area contributed by atoms with Gasteiger partial charge in [-0.2, -0.15) is 0 Å². The molecule has 1 amide bonds. The first kappa shape index (κ1) is 16.0. The topological polar surface area (TPSA) is 42.0 Å². The number of aromatic nitrogens is 1. The highest BCUT2D eigenvalue weighted by atomic mass is 19.1. The van der Waals surface area contributed by atoms with Crippen molar-refractivity contribution < 1.29 is 9.18 Å². The van der Waals surface area contributed by atoms with E-state index in [-0.39, 0.29) is 11.7 Å². The number of halogens is 1. The Bertz CT molecular complexity index is 1080. The molecule has 0 atom stereocenters. The van der Waals surface area contributed by atoms with E-state index in [0.717, 1.165) is 22.2 Å². The molecule has 4 aromatic rings. The monoisotopic (exact) mass is 342 g/mol. The number of benzene rings is 3. The first-order valence-electron chi connectivity index (χ1n) is 8.23. The lowest BCUT2D eigenvalue weighted by Crippen LogP contribution is -2.13. The maximum absolute atomic E-state index is 13.1. The standard InChI is InChI=1S/C22H15FN2O/c23-16-10-12-17(13-11-16)24-22(26)19-14-21(15-6-2-1-3-7-15)25-20-9-5-4-8-18(19)20/h1-14H,(H,24,26). The van der Waals surface area contributed by atoms with E-state index in [4.69, 9.17) is 0 Å². The number of para-hydroxylation sites is 1. The molecule has 3 aromatic carbocycles. The lowest BCUT2D eigenvalue weighted by Gasteiger charge is -2.11. The molecule has 0 fully saturated rings. The summed E-state index contributed by atoms with van der Waals surface area (Å²) >= 11 is 0. The van der Waals surface area contributed by atoms with Crippen LogP contribution in [-0.2, 0) is 0 Å². The van der Waals surface area contributed by atoms with Crippen LogP contribution in [0, 0.1) is 5.82 Å². The highest BCUT2D eigenvalue weighted by Gasteiger charge is 2.14. The molecule has 3 nitrogen and oxygen atoms in total.